The lowest BCUT2D eigenvalue weighted by Crippen LogP contribution is -2.34. The molecule has 1 heterocycles. The van der Waals surface area contributed by atoms with Crippen LogP contribution in [0, 0.1) is 5.92 Å². The van der Waals surface area contributed by atoms with Crippen molar-refractivity contribution in [3.63, 3.8) is 0 Å². The Kier molecular flexibility index (Phi) is 2.50. The zero-order valence-corrected chi connectivity index (χ0v) is 9.73. The minimum atomic E-state index is 0.803. The number of nitrogen functional groups attached to an aromatic ring is 1. The highest BCUT2D eigenvalue weighted by Crippen LogP contribution is 2.38. The molecule has 1 saturated carbocycles. The van der Waals surface area contributed by atoms with Crippen LogP contribution in [0.15, 0.2) is 24.3 Å². The number of rotatable bonds is 1. The normalized spacial score (nSPS) is 29.1. The molecule has 2 nitrogen and oxygen atoms in total. The van der Waals surface area contributed by atoms with Crippen LogP contribution in [0.5, 0.6) is 0 Å². The second kappa shape index (κ2) is 4.00. The Hall–Kier alpha value is -1.18. The molecule has 16 heavy (non-hydrogen) atoms. The minimum absolute atomic E-state index is 0.803. The summed E-state index contributed by atoms with van der Waals surface area (Å²) >= 11 is 0. The van der Waals surface area contributed by atoms with Gasteiger partial charge in [0.1, 0.15) is 0 Å². The van der Waals surface area contributed by atoms with E-state index in [0.717, 1.165) is 17.6 Å². The Morgan fingerprint density at radius 3 is 2.56 bits per heavy atom. The molecule has 1 aliphatic carbocycles. The van der Waals surface area contributed by atoms with Crippen LogP contribution < -0.4 is 10.6 Å². The summed E-state index contributed by atoms with van der Waals surface area (Å²) in [6, 6.07) is 9.19. The van der Waals surface area contributed by atoms with Crippen molar-refractivity contribution in [2.45, 2.75) is 38.1 Å². The van der Waals surface area contributed by atoms with E-state index >= 15 is 0 Å². The molecule has 1 aromatic rings. The molecule has 0 spiro atoms. The number of hydrogen-bond acceptors (Lipinski definition) is 2. The van der Waals surface area contributed by atoms with Gasteiger partial charge in [-0.1, -0.05) is 12.8 Å². The molecule has 86 valence electrons. The van der Waals surface area contributed by atoms with Gasteiger partial charge in [-0.15, -0.1) is 0 Å². The Bertz CT molecular complexity index is 358. The molecule has 2 atom stereocenters. The highest BCUT2D eigenvalue weighted by Gasteiger charge is 2.35. The number of benzene rings is 1. The van der Waals surface area contributed by atoms with E-state index in [0.29, 0.717) is 0 Å². The number of hydrogen-bond donors (Lipinski definition) is 1. The third-order valence-corrected chi connectivity index (χ3v) is 4.23. The first-order chi connectivity index (χ1) is 7.84. The van der Waals surface area contributed by atoms with Crippen molar-refractivity contribution in [1.82, 2.24) is 0 Å². The lowest BCUT2D eigenvalue weighted by molar-refractivity contribution is 0.342. The minimum Gasteiger partial charge on any atom is -0.399 e. The van der Waals surface area contributed by atoms with Crippen LogP contribution in [0.3, 0.4) is 0 Å². The van der Waals surface area contributed by atoms with Crippen molar-refractivity contribution >= 4 is 11.4 Å². The predicted molar refractivity (Wildman–Crippen MR) is 68.6 cm³/mol. The Morgan fingerprint density at radius 2 is 1.75 bits per heavy atom. The van der Waals surface area contributed by atoms with Gasteiger partial charge in [-0.25, -0.2) is 0 Å². The van der Waals surface area contributed by atoms with Gasteiger partial charge in [-0.2, -0.15) is 0 Å². The smallest absolute Gasteiger partial charge is 0.0370 e. The monoisotopic (exact) mass is 216 g/mol. The topological polar surface area (TPSA) is 29.3 Å². The second-order valence-electron chi connectivity index (χ2n) is 5.19. The predicted octanol–water partition coefficient (Wildman–Crippen LogP) is 3.04. The lowest BCUT2D eigenvalue weighted by atomic mass is 9.85. The van der Waals surface area contributed by atoms with Crippen LogP contribution in [0.4, 0.5) is 11.4 Å². The fourth-order valence-electron chi connectivity index (χ4n) is 3.39. The van der Waals surface area contributed by atoms with Crippen molar-refractivity contribution in [1.29, 1.82) is 0 Å². The summed E-state index contributed by atoms with van der Waals surface area (Å²) in [5.74, 6) is 0.950. The standard InChI is InChI=1S/C14H20N2/c15-12-5-7-13(8-6-12)16-10-9-11-3-1-2-4-14(11)16/h5-8,11,14H,1-4,9-10,15H2. The number of nitrogens with zero attached hydrogens (tertiary/aromatic N) is 1. The van der Waals surface area contributed by atoms with Gasteiger partial charge in [0.15, 0.2) is 0 Å². The molecular weight excluding hydrogens is 196 g/mol. The van der Waals surface area contributed by atoms with Crippen LogP contribution in [0.25, 0.3) is 0 Å². The number of anilines is 2. The molecular formula is C14H20N2. The highest BCUT2D eigenvalue weighted by molar-refractivity contribution is 5.54. The Labute approximate surface area is 97.4 Å². The zero-order valence-electron chi connectivity index (χ0n) is 9.73. The maximum absolute atomic E-state index is 5.74. The summed E-state index contributed by atoms with van der Waals surface area (Å²) in [6.07, 6.45) is 7.06. The van der Waals surface area contributed by atoms with Crippen molar-refractivity contribution in [3.05, 3.63) is 24.3 Å². The molecule has 3 rings (SSSR count). The van der Waals surface area contributed by atoms with Crippen LogP contribution in [0.2, 0.25) is 0 Å². The van der Waals surface area contributed by atoms with E-state index in [2.05, 4.69) is 17.0 Å². The number of nitrogens with two attached hydrogens (primary N) is 1. The summed E-state index contributed by atoms with van der Waals surface area (Å²) in [5.41, 5.74) is 7.97. The van der Waals surface area contributed by atoms with E-state index in [-0.39, 0.29) is 0 Å². The van der Waals surface area contributed by atoms with Crippen molar-refractivity contribution < 1.29 is 0 Å². The van der Waals surface area contributed by atoms with Gasteiger partial charge in [0.2, 0.25) is 0 Å². The molecule has 2 unspecified atom stereocenters. The molecule has 1 aromatic carbocycles. The molecule has 0 radical (unpaired) electrons. The first-order valence-corrected chi connectivity index (χ1v) is 6.47. The van der Waals surface area contributed by atoms with Gasteiger partial charge in [0.25, 0.3) is 0 Å². The van der Waals surface area contributed by atoms with Gasteiger partial charge in [0, 0.05) is 24.0 Å². The van der Waals surface area contributed by atoms with Crippen LogP contribution in [0.1, 0.15) is 32.1 Å². The zero-order chi connectivity index (χ0) is 11.0. The molecule has 1 saturated heterocycles. The summed E-state index contributed by atoms with van der Waals surface area (Å²) < 4.78 is 0. The third-order valence-electron chi connectivity index (χ3n) is 4.23. The average Bonchev–Trinajstić information content (AvgIpc) is 2.74. The van der Waals surface area contributed by atoms with Gasteiger partial charge < -0.3 is 10.6 Å². The fourth-order valence-corrected chi connectivity index (χ4v) is 3.39. The van der Waals surface area contributed by atoms with E-state index in [1.54, 1.807) is 0 Å². The average molecular weight is 216 g/mol. The third kappa shape index (κ3) is 1.66. The van der Waals surface area contributed by atoms with Gasteiger partial charge >= 0.3 is 0 Å². The van der Waals surface area contributed by atoms with Gasteiger partial charge in [0.05, 0.1) is 0 Å². The van der Waals surface area contributed by atoms with Crippen molar-refractivity contribution in [2.75, 3.05) is 17.2 Å². The van der Waals surface area contributed by atoms with Crippen LogP contribution in [-0.2, 0) is 0 Å². The molecule has 0 aromatic heterocycles. The second-order valence-corrected chi connectivity index (χ2v) is 5.19. The quantitative estimate of drug-likeness (QED) is 0.731. The molecule has 2 aliphatic rings. The fraction of sp³-hybridized carbons (Fsp3) is 0.571. The van der Waals surface area contributed by atoms with E-state index in [4.69, 9.17) is 5.73 Å². The molecule has 2 N–H and O–H groups in total. The van der Waals surface area contributed by atoms with Crippen molar-refractivity contribution in [2.24, 2.45) is 5.92 Å². The van der Waals surface area contributed by atoms with Gasteiger partial charge in [-0.3, -0.25) is 0 Å². The highest BCUT2D eigenvalue weighted by atomic mass is 15.2. The maximum Gasteiger partial charge on any atom is 0.0370 e. The molecule has 1 aliphatic heterocycles. The van der Waals surface area contributed by atoms with E-state index in [9.17, 15) is 0 Å². The van der Waals surface area contributed by atoms with E-state index < -0.39 is 0 Å². The molecule has 0 amide bonds. The summed E-state index contributed by atoms with van der Waals surface area (Å²) in [5, 5.41) is 0. The largest absolute Gasteiger partial charge is 0.399 e. The summed E-state index contributed by atoms with van der Waals surface area (Å²) in [4.78, 5) is 2.60. The molecule has 0 bridgehead atoms. The summed E-state index contributed by atoms with van der Waals surface area (Å²) in [6.45, 7) is 1.24. The number of fused-ring (bicyclic) bond motifs is 1. The van der Waals surface area contributed by atoms with E-state index in [1.807, 2.05) is 12.1 Å². The lowest BCUT2D eigenvalue weighted by Gasteiger charge is -2.33. The molecule has 2 fully saturated rings. The first kappa shape index (κ1) is 10.0. The van der Waals surface area contributed by atoms with Crippen LogP contribution in [-0.4, -0.2) is 12.6 Å². The molecule has 2 heteroatoms. The SMILES string of the molecule is Nc1ccc(N2CCC3CCCCC32)cc1. The maximum atomic E-state index is 5.74. The summed E-state index contributed by atoms with van der Waals surface area (Å²) in [7, 11) is 0. The Morgan fingerprint density at radius 1 is 1.00 bits per heavy atom. The first-order valence-electron chi connectivity index (χ1n) is 6.47. The van der Waals surface area contributed by atoms with Crippen LogP contribution >= 0.6 is 0 Å². The van der Waals surface area contributed by atoms with Crippen molar-refractivity contribution in [3.8, 4) is 0 Å². The van der Waals surface area contributed by atoms with E-state index in [1.165, 1.54) is 44.3 Å². The van der Waals surface area contributed by atoms with Gasteiger partial charge in [-0.05, 0) is 49.4 Å². The Balaban J connectivity index is 1.82.